The minimum absolute atomic E-state index is 0.150. The topological polar surface area (TPSA) is 105 Å². The second-order valence-corrected chi connectivity index (χ2v) is 7.53. The summed E-state index contributed by atoms with van der Waals surface area (Å²) in [6, 6.07) is 3.12. The van der Waals surface area contributed by atoms with Crippen molar-refractivity contribution in [2.45, 2.75) is 39.2 Å². The molecule has 3 amide bonds. The van der Waals surface area contributed by atoms with E-state index in [1.165, 1.54) is 6.26 Å². The normalized spacial score (nSPS) is 15.5. The van der Waals surface area contributed by atoms with Crippen LogP contribution in [0.15, 0.2) is 27.3 Å². The lowest BCUT2D eigenvalue weighted by atomic mass is 9.96. The van der Waals surface area contributed by atoms with E-state index < -0.39 is 0 Å². The van der Waals surface area contributed by atoms with Crippen LogP contribution in [0.2, 0.25) is 0 Å². The van der Waals surface area contributed by atoms with Gasteiger partial charge in [-0.05, 0) is 18.6 Å². The number of hydrogen-bond acceptors (Lipinski definition) is 6. The molecule has 2 aromatic rings. The van der Waals surface area contributed by atoms with Gasteiger partial charge >= 0.3 is 6.03 Å². The Labute approximate surface area is 157 Å². The molecular formula is C18H25N5O4. The van der Waals surface area contributed by atoms with Crippen LogP contribution in [-0.4, -0.2) is 58.1 Å². The van der Waals surface area contributed by atoms with Gasteiger partial charge in [-0.1, -0.05) is 25.9 Å². The average Bonchev–Trinajstić information content (AvgIpc) is 3.26. The van der Waals surface area contributed by atoms with Crippen molar-refractivity contribution in [1.82, 2.24) is 25.3 Å². The van der Waals surface area contributed by atoms with Crippen molar-refractivity contribution in [3.05, 3.63) is 35.9 Å². The van der Waals surface area contributed by atoms with Crippen LogP contribution in [0.3, 0.4) is 0 Å². The highest BCUT2D eigenvalue weighted by Gasteiger charge is 2.25. The average molecular weight is 375 g/mol. The fraction of sp³-hybridized carbons (Fsp3) is 0.556. The molecule has 146 valence electrons. The van der Waals surface area contributed by atoms with Crippen LogP contribution >= 0.6 is 0 Å². The number of carbonyl (C=O) groups excluding carboxylic acids is 2. The lowest BCUT2D eigenvalue weighted by Crippen LogP contribution is -2.42. The number of nitrogens with one attached hydrogen (secondary N) is 1. The zero-order valence-electron chi connectivity index (χ0n) is 15.9. The molecule has 0 aliphatic carbocycles. The Morgan fingerprint density at radius 2 is 1.93 bits per heavy atom. The third kappa shape index (κ3) is 4.66. The second-order valence-electron chi connectivity index (χ2n) is 7.53. The molecule has 0 bridgehead atoms. The molecule has 0 radical (unpaired) electrons. The Balaban J connectivity index is 1.51. The van der Waals surface area contributed by atoms with Crippen molar-refractivity contribution < 1.29 is 18.5 Å². The predicted molar refractivity (Wildman–Crippen MR) is 96.0 cm³/mol. The summed E-state index contributed by atoms with van der Waals surface area (Å²) in [6.45, 7) is 8.23. The second kappa shape index (κ2) is 7.81. The maximum atomic E-state index is 12.4. The molecule has 0 spiro atoms. The molecular weight excluding hydrogens is 350 g/mol. The van der Waals surface area contributed by atoms with Crippen molar-refractivity contribution in [3.8, 4) is 0 Å². The van der Waals surface area contributed by atoms with E-state index in [9.17, 15) is 9.59 Å². The Bertz CT molecular complexity index is 778. The van der Waals surface area contributed by atoms with E-state index in [1.54, 1.807) is 21.9 Å². The van der Waals surface area contributed by atoms with E-state index in [1.807, 2.05) is 20.8 Å². The number of carbonyl (C=O) groups is 2. The number of nitrogens with zero attached hydrogens (tertiary/aromatic N) is 4. The molecule has 1 aliphatic heterocycles. The molecule has 1 saturated heterocycles. The largest absolute Gasteiger partial charge is 0.459 e. The van der Waals surface area contributed by atoms with Gasteiger partial charge < -0.3 is 24.1 Å². The molecule has 0 atom stereocenters. The van der Waals surface area contributed by atoms with Gasteiger partial charge in [-0.15, -0.1) is 0 Å². The highest BCUT2D eigenvalue weighted by Crippen LogP contribution is 2.18. The van der Waals surface area contributed by atoms with Crippen LogP contribution in [-0.2, 0) is 12.0 Å². The third-order valence-corrected chi connectivity index (χ3v) is 4.33. The molecule has 27 heavy (non-hydrogen) atoms. The molecule has 9 nitrogen and oxygen atoms in total. The summed E-state index contributed by atoms with van der Waals surface area (Å²) in [5.41, 5.74) is -0.208. The van der Waals surface area contributed by atoms with Crippen molar-refractivity contribution in [1.29, 1.82) is 0 Å². The van der Waals surface area contributed by atoms with Crippen LogP contribution in [0.4, 0.5) is 4.79 Å². The van der Waals surface area contributed by atoms with Crippen LogP contribution in [0.25, 0.3) is 0 Å². The zero-order valence-corrected chi connectivity index (χ0v) is 15.9. The van der Waals surface area contributed by atoms with Gasteiger partial charge in [-0.2, -0.15) is 4.98 Å². The van der Waals surface area contributed by atoms with E-state index in [-0.39, 0.29) is 23.9 Å². The van der Waals surface area contributed by atoms with Gasteiger partial charge in [0.05, 0.1) is 12.8 Å². The minimum atomic E-state index is -0.210. The summed E-state index contributed by atoms with van der Waals surface area (Å²) in [4.78, 5) is 32.5. The highest BCUT2D eigenvalue weighted by molar-refractivity contribution is 5.91. The lowest BCUT2D eigenvalue weighted by Gasteiger charge is -2.21. The molecule has 3 rings (SSSR count). The van der Waals surface area contributed by atoms with Crippen molar-refractivity contribution >= 4 is 11.9 Å². The summed E-state index contributed by atoms with van der Waals surface area (Å²) in [5, 5.41) is 6.74. The van der Waals surface area contributed by atoms with Crippen LogP contribution < -0.4 is 5.32 Å². The van der Waals surface area contributed by atoms with Crippen molar-refractivity contribution in [3.63, 3.8) is 0 Å². The van der Waals surface area contributed by atoms with Crippen molar-refractivity contribution in [2.75, 3.05) is 26.2 Å². The molecule has 0 aromatic carbocycles. The molecule has 9 heteroatoms. The number of amides is 3. The molecule has 1 fully saturated rings. The van der Waals surface area contributed by atoms with Gasteiger partial charge in [-0.3, -0.25) is 4.79 Å². The van der Waals surface area contributed by atoms with Gasteiger partial charge in [0.25, 0.3) is 5.91 Å². The molecule has 2 aromatic heterocycles. The van der Waals surface area contributed by atoms with Gasteiger partial charge in [0, 0.05) is 31.6 Å². The number of rotatable bonds is 3. The molecule has 1 aliphatic rings. The summed E-state index contributed by atoms with van der Waals surface area (Å²) < 4.78 is 10.4. The van der Waals surface area contributed by atoms with E-state index in [2.05, 4.69) is 15.5 Å². The standard InChI is InChI=1S/C18H25N5O4/c1-18(2,3)16-20-14(27-21-16)12-19-17(25)23-8-5-7-22(9-10-23)15(24)13-6-4-11-26-13/h4,6,11H,5,7-10,12H2,1-3H3,(H,19,25). The minimum Gasteiger partial charge on any atom is -0.459 e. The fourth-order valence-corrected chi connectivity index (χ4v) is 2.77. The Kier molecular flexibility index (Phi) is 5.48. The third-order valence-electron chi connectivity index (χ3n) is 4.33. The first-order valence-corrected chi connectivity index (χ1v) is 9.03. The van der Waals surface area contributed by atoms with Gasteiger partial charge in [0.2, 0.25) is 5.89 Å². The molecule has 3 heterocycles. The van der Waals surface area contributed by atoms with Gasteiger partial charge in [-0.25, -0.2) is 4.79 Å². The highest BCUT2D eigenvalue weighted by atomic mass is 16.5. The van der Waals surface area contributed by atoms with Crippen LogP contribution in [0.1, 0.15) is 49.5 Å². The number of furan rings is 1. The quantitative estimate of drug-likeness (QED) is 0.880. The SMILES string of the molecule is CC(C)(C)c1noc(CNC(=O)N2CCCN(C(=O)c3ccco3)CC2)n1. The predicted octanol–water partition coefficient (Wildman–Crippen LogP) is 2.02. The summed E-state index contributed by atoms with van der Waals surface area (Å²) >= 11 is 0. The maximum Gasteiger partial charge on any atom is 0.317 e. The Morgan fingerprint density at radius 3 is 2.59 bits per heavy atom. The zero-order chi connectivity index (χ0) is 19.4. The Morgan fingerprint density at radius 1 is 1.19 bits per heavy atom. The number of hydrogen-bond donors (Lipinski definition) is 1. The first kappa shape index (κ1) is 18.9. The molecule has 1 N–H and O–H groups in total. The van der Waals surface area contributed by atoms with Crippen LogP contribution in [0.5, 0.6) is 0 Å². The van der Waals surface area contributed by atoms with Gasteiger partial charge in [0.15, 0.2) is 11.6 Å². The summed E-state index contributed by atoms with van der Waals surface area (Å²) in [6.07, 6.45) is 2.18. The maximum absolute atomic E-state index is 12.4. The first-order valence-electron chi connectivity index (χ1n) is 9.03. The first-order chi connectivity index (χ1) is 12.8. The number of urea groups is 1. The monoisotopic (exact) mass is 375 g/mol. The lowest BCUT2D eigenvalue weighted by molar-refractivity contribution is 0.0730. The molecule has 0 unspecified atom stereocenters. The summed E-state index contributed by atoms with van der Waals surface area (Å²) in [7, 11) is 0. The fourth-order valence-electron chi connectivity index (χ4n) is 2.77. The van der Waals surface area contributed by atoms with E-state index in [0.717, 1.165) is 0 Å². The molecule has 0 saturated carbocycles. The summed E-state index contributed by atoms with van der Waals surface area (Å²) in [5.74, 6) is 1.15. The Hall–Kier alpha value is -2.84. The van der Waals surface area contributed by atoms with Gasteiger partial charge in [0.1, 0.15) is 0 Å². The smallest absolute Gasteiger partial charge is 0.317 e. The number of aromatic nitrogens is 2. The van der Waals surface area contributed by atoms with E-state index in [0.29, 0.717) is 50.1 Å². The van der Waals surface area contributed by atoms with E-state index >= 15 is 0 Å². The van der Waals surface area contributed by atoms with Crippen molar-refractivity contribution in [2.24, 2.45) is 0 Å². The van der Waals surface area contributed by atoms with E-state index in [4.69, 9.17) is 8.94 Å². The van der Waals surface area contributed by atoms with Crippen LogP contribution in [0, 0.1) is 0 Å².